The molecule has 1 rings (SSSR count). The number of hydrogen-bond donors (Lipinski definition) is 1. The first-order chi connectivity index (χ1) is 7.52. The summed E-state index contributed by atoms with van der Waals surface area (Å²) in [5.41, 5.74) is 7.19. The zero-order valence-electron chi connectivity index (χ0n) is 10.2. The van der Waals surface area contributed by atoms with Crippen molar-refractivity contribution in [2.45, 2.75) is 26.3 Å². The van der Waals surface area contributed by atoms with E-state index >= 15 is 0 Å². The van der Waals surface area contributed by atoms with Gasteiger partial charge in [-0.2, -0.15) is 0 Å². The molecular weight excluding hydrogens is 266 g/mol. The molecule has 0 fully saturated rings. The number of nitrogens with zero attached hydrogens (tertiary/aromatic N) is 2. The second-order valence-corrected chi connectivity index (χ2v) is 5.30. The fraction of sp³-hybridized carbons (Fsp3) is 0.583. The normalized spacial score (nSPS) is 12.9. The van der Waals surface area contributed by atoms with Crippen LogP contribution in [-0.4, -0.2) is 24.6 Å². The highest BCUT2D eigenvalue weighted by Crippen LogP contribution is 2.23. The van der Waals surface area contributed by atoms with Gasteiger partial charge in [0.25, 0.3) is 0 Å². The Kier molecular flexibility index (Phi) is 5.22. The Morgan fingerprint density at radius 2 is 2.19 bits per heavy atom. The van der Waals surface area contributed by atoms with Crippen LogP contribution in [0.1, 0.15) is 20.3 Å². The molecule has 0 bridgehead atoms. The van der Waals surface area contributed by atoms with Gasteiger partial charge >= 0.3 is 0 Å². The number of nitrogens with two attached hydrogens (primary N) is 1. The summed E-state index contributed by atoms with van der Waals surface area (Å²) in [5.74, 6) is 0.536. The Bertz CT molecular complexity index is 328. The summed E-state index contributed by atoms with van der Waals surface area (Å²) in [7, 11) is 2.08. The van der Waals surface area contributed by atoms with Gasteiger partial charge < -0.3 is 10.6 Å². The van der Waals surface area contributed by atoms with Gasteiger partial charge in [-0.25, -0.2) is 0 Å². The first kappa shape index (κ1) is 13.5. The molecule has 0 aliphatic carbocycles. The van der Waals surface area contributed by atoms with Crippen LogP contribution in [0.5, 0.6) is 0 Å². The predicted octanol–water partition coefficient (Wildman–Crippen LogP) is 2.65. The molecular formula is C12H20BrN3. The van der Waals surface area contributed by atoms with Crippen molar-refractivity contribution in [3.8, 4) is 0 Å². The summed E-state index contributed by atoms with van der Waals surface area (Å²) < 4.78 is 1.02. The van der Waals surface area contributed by atoms with Crippen molar-refractivity contribution in [1.82, 2.24) is 4.98 Å². The molecule has 0 aliphatic rings. The van der Waals surface area contributed by atoms with Crippen molar-refractivity contribution in [3.05, 3.63) is 22.9 Å². The maximum absolute atomic E-state index is 6.03. The minimum Gasteiger partial charge on any atom is -0.374 e. The van der Waals surface area contributed by atoms with Gasteiger partial charge in [-0.15, -0.1) is 0 Å². The number of rotatable bonds is 5. The number of aromatic nitrogens is 1. The monoisotopic (exact) mass is 285 g/mol. The molecule has 1 aromatic rings. The number of anilines is 1. The van der Waals surface area contributed by atoms with E-state index in [4.69, 9.17) is 5.73 Å². The lowest BCUT2D eigenvalue weighted by Gasteiger charge is -2.23. The summed E-state index contributed by atoms with van der Waals surface area (Å²) in [6.45, 7) is 5.28. The highest BCUT2D eigenvalue weighted by atomic mass is 79.9. The van der Waals surface area contributed by atoms with Crippen molar-refractivity contribution >= 4 is 21.6 Å². The highest BCUT2D eigenvalue weighted by molar-refractivity contribution is 9.10. The number of hydrogen-bond acceptors (Lipinski definition) is 3. The van der Waals surface area contributed by atoms with Gasteiger partial charge in [0.1, 0.15) is 0 Å². The van der Waals surface area contributed by atoms with E-state index < -0.39 is 0 Å². The van der Waals surface area contributed by atoms with Gasteiger partial charge in [0.2, 0.25) is 0 Å². The van der Waals surface area contributed by atoms with Gasteiger partial charge in [0, 0.05) is 32.0 Å². The zero-order valence-corrected chi connectivity index (χ0v) is 11.7. The van der Waals surface area contributed by atoms with E-state index in [0.717, 1.165) is 23.1 Å². The molecule has 0 saturated carbocycles. The molecule has 16 heavy (non-hydrogen) atoms. The third-order valence-corrected chi connectivity index (χ3v) is 3.43. The first-order valence-electron chi connectivity index (χ1n) is 5.58. The van der Waals surface area contributed by atoms with E-state index in [9.17, 15) is 0 Å². The number of halogens is 1. The fourth-order valence-corrected chi connectivity index (χ4v) is 2.03. The second-order valence-electron chi connectivity index (χ2n) is 4.45. The average Bonchev–Trinajstić information content (AvgIpc) is 2.25. The van der Waals surface area contributed by atoms with Crippen LogP contribution in [0, 0.1) is 5.92 Å². The molecule has 90 valence electrons. The quantitative estimate of drug-likeness (QED) is 0.904. The molecule has 1 heterocycles. The summed E-state index contributed by atoms with van der Waals surface area (Å²) in [4.78, 5) is 6.25. The smallest absolute Gasteiger partial charge is 0.0592 e. The van der Waals surface area contributed by atoms with Crippen molar-refractivity contribution in [2.24, 2.45) is 11.7 Å². The Balaban J connectivity index is 2.53. The second kappa shape index (κ2) is 6.21. The third-order valence-electron chi connectivity index (χ3n) is 2.82. The Hall–Kier alpha value is -0.610. The van der Waals surface area contributed by atoms with Gasteiger partial charge in [0.15, 0.2) is 0 Å². The van der Waals surface area contributed by atoms with Crippen molar-refractivity contribution in [3.63, 3.8) is 0 Å². The fourth-order valence-electron chi connectivity index (χ4n) is 1.47. The van der Waals surface area contributed by atoms with E-state index in [1.807, 2.05) is 12.3 Å². The van der Waals surface area contributed by atoms with Crippen LogP contribution in [0.4, 0.5) is 5.69 Å². The highest BCUT2D eigenvalue weighted by Gasteiger charge is 2.10. The molecule has 3 nitrogen and oxygen atoms in total. The summed E-state index contributed by atoms with van der Waals surface area (Å²) in [6.07, 6.45) is 4.62. The third kappa shape index (κ3) is 3.76. The van der Waals surface area contributed by atoms with Gasteiger partial charge in [-0.1, -0.05) is 13.8 Å². The van der Waals surface area contributed by atoms with Crippen LogP contribution in [0.2, 0.25) is 0 Å². The maximum atomic E-state index is 6.03. The van der Waals surface area contributed by atoms with Crippen molar-refractivity contribution in [2.75, 3.05) is 18.5 Å². The van der Waals surface area contributed by atoms with Crippen LogP contribution >= 0.6 is 15.9 Å². The zero-order chi connectivity index (χ0) is 12.1. The minimum atomic E-state index is 0.267. The lowest BCUT2D eigenvalue weighted by molar-refractivity contribution is 0.466. The summed E-state index contributed by atoms with van der Waals surface area (Å²) in [5, 5.41) is 0. The Morgan fingerprint density at radius 3 is 2.75 bits per heavy atom. The average molecular weight is 286 g/mol. The molecule has 1 aromatic heterocycles. The van der Waals surface area contributed by atoms with Crippen LogP contribution in [0.3, 0.4) is 0 Å². The van der Waals surface area contributed by atoms with Crippen molar-refractivity contribution < 1.29 is 0 Å². The van der Waals surface area contributed by atoms with E-state index in [0.29, 0.717) is 5.92 Å². The van der Waals surface area contributed by atoms with E-state index in [2.05, 4.69) is 46.7 Å². The Morgan fingerprint density at radius 1 is 1.50 bits per heavy atom. The van der Waals surface area contributed by atoms with E-state index in [1.165, 1.54) is 0 Å². The molecule has 2 N–H and O–H groups in total. The Labute approximate surface area is 106 Å². The molecule has 0 aliphatic heterocycles. The molecule has 4 heteroatoms. The van der Waals surface area contributed by atoms with Gasteiger partial charge in [0.05, 0.1) is 10.2 Å². The lowest BCUT2D eigenvalue weighted by atomic mass is 10.0. The molecule has 0 amide bonds. The van der Waals surface area contributed by atoms with Crippen LogP contribution in [0.25, 0.3) is 0 Å². The predicted molar refractivity (Wildman–Crippen MR) is 72.6 cm³/mol. The minimum absolute atomic E-state index is 0.267. The molecule has 1 unspecified atom stereocenters. The van der Waals surface area contributed by atoms with Gasteiger partial charge in [-0.05, 0) is 34.3 Å². The van der Waals surface area contributed by atoms with Gasteiger partial charge in [-0.3, -0.25) is 4.98 Å². The molecule has 0 aromatic carbocycles. The SMILES string of the molecule is CC(C)C(N)CCN(C)c1ccncc1Br. The molecule has 1 atom stereocenters. The molecule has 0 spiro atoms. The molecule has 0 saturated heterocycles. The van der Waals surface area contributed by atoms with Crippen LogP contribution in [0.15, 0.2) is 22.9 Å². The number of pyridine rings is 1. The van der Waals surface area contributed by atoms with Crippen LogP contribution < -0.4 is 10.6 Å². The summed E-state index contributed by atoms with van der Waals surface area (Å²) >= 11 is 3.50. The first-order valence-corrected chi connectivity index (χ1v) is 6.38. The van der Waals surface area contributed by atoms with Crippen molar-refractivity contribution in [1.29, 1.82) is 0 Å². The molecule has 0 radical (unpaired) electrons. The standard InChI is InChI=1S/C12H20BrN3/c1-9(2)11(14)5-7-16(3)12-4-6-15-8-10(12)13/h4,6,8-9,11H,5,7,14H2,1-3H3. The van der Waals surface area contributed by atoms with Crippen LogP contribution in [-0.2, 0) is 0 Å². The van der Waals surface area contributed by atoms with E-state index in [-0.39, 0.29) is 6.04 Å². The topological polar surface area (TPSA) is 42.1 Å². The largest absolute Gasteiger partial charge is 0.374 e. The lowest BCUT2D eigenvalue weighted by Crippen LogP contribution is -2.31. The summed E-state index contributed by atoms with van der Waals surface area (Å²) in [6, 6.07) is 2.27. The maximum Gasteiger partial charge on any atom is 0.0592 e. The van der Waals surface area contributed by atoms with E-state index in [1.54, 1.807) is 6.20 Å².